The minimum Gasteiger partial charge on any atom is -0.598 e. The molecule has 0 saturated heterocycles. The van der Waals surface area contributed by atoms with Crippen LogP contribution in [0.4, 0.5) is 0 Å². The molecule has 0 aromatic carbocycles. The van der Waals surface area contributed by atoms with Gasteiger partial charge in [0.05, 0.1) is 25.7 Å². The van der Waals surface area contributed by atoms with E-state index in [1.807, 2.05) is 26.8 Å². The summed E-state index contributed by atoms with van der Waals surface area (Å²) in [5.74, 6) is 0.137. The Morgan fingerprint density at radius 1 is 1.44 bits per heavy atom. The summed E-state index contributed by atoms with van der Waals surface area (Å²) < 4.78 is 25.5. The zero-order valence-electron chi connectivity index (χ0n) is 15.4. The van der Waals surface area contributed by atoms with Crippen LogP contribution in [0.2, 0.25) is 0 Å². The zero-order valence-corrected chi connectivity index (χ0v) is 16.2. The molecule has 1 unspecified atom stereocenters. The van der Waals surface area contributed by atoms with Gasteiger partial charge >= 0.3 is 5.97 Å². The van der Waals surface area contributed by atoms with Crippen molar-refractivity contribution >= 4 is 17.3 Å². The predicted octanol–water partition coefficient (Wildman–Crippen LogP) is 1.86. The Morgan fingerprint density at radius 2 is 2.16 bits per heavy atom. The first-order valence-electron chi connectivity index (χ1n) is 8.40. The van der Waals surface area contributed by atoms with E-state index < -0.39 is 22.2 Å². The molecule has 1 aromatic rings. The summed E-state index contributed by atoms with van der Waals surface area (Å²) in [6, 6.07) is 3.08. The van der Waals surface area contributed by atoms with Gasteiger partial charge in [-0.2, -0.15) is 0 Å². The molecular weight excluding hydrogens is 342 g/mol. The minimum absolute atomic E-state index is 0.0741. The third kappa shape index (κ3) is 8.04. The van der Waals surface area contributed by atoms with Crippen LogP contribution in [0, 0.1) is 0 Å². The number of nitrogens with one attached hydrogen (secondary N) is 1. The van der Waals surface area contributed by atoms with Crippen molar-refractivity contribution in [3.63, 3.8) is 0 Å². The molecule has 1 aromatic heterocycles. The Balaban J connectivity index is 2.84. The van der Waals surface area contributed by atoms with Crippen molar-refractivity contribution in [3.8, 4) is 5.88 Å². The maximum Gasteiger partial charge on any atom is 0.307 e. The van der Waals surface area contributed by atoms with Crippen LogP contribution >= 0.6 is 0 Å². The summed E-state index contributed by atoms with van der Waals surface area (Å²) in [7, 11) is 0. The molecule has 25 heavy (non-hydrogen) atoms. The molecule has 0 aliphatic rings. The van der Waals surface area contributed by atoms with Crippen molar-refractivity contribution in [2.45, 2.75) is 51.3 Å². The van der Waals surface area contributed by atoms with E-state index in [1.165, 1.54) is 0 Å². The third-order valence-corrected chi connectivity index (χ3v) is 4.85. The van der Waals surface area contributed by atoms with Crippen LogP contribution in [0.3, 0.4) is 0 Å². The van der Waals surface area contributed by atoms with Gasteiger partial charge in [0.15, 0.2) is 0 Å². The van der Waals surface area contributed by atoms with Gasteiger partial charge in [-0.15, -0.1) is 4.72 Å². The first kappa shape index (κ1) is 21.7. The molecular formula is C17H29N3O4S. The van der Waals surface area contributed by atoms with Crippen molar-refractivity contribution < 1.29 is 18.8 Å². The van der Waals surface area contributed by atoms with Gasteiger partial charge in [0.1, 0.15) is 4.75 Å². The highest BCUT2D eigenvalue weighted by atomic mass is 32.2. The smallest absolute Gasteiger partial charge is 0.307 e. The fourth-order valence-corrected chi connectivity index (χ4v) is 2.69. The first-order valence-corrected chi connectivity index (χ1v) is 9.55. The molecule has 0 fully saturated rings. The van der Waals surface area contributed by atoms with Crippen molar-refractivity contribution in [3.05, 3.63) is 23.9 Å². The van der Waals surface area contributed by atoms with E-state index >= 15 is 0 Å². The number of nitrogens with two attached hydrogens (primary N) is 1. The summed E-state index contributed by atoms with van der Waals surface area (Å²) in [4.78, 5) is 16.1. The lowest BCUT2D eigenvalue weighted by atomic mass is 10.1. The fraction of sp³-hybridized carbons (Fsp3) is 0.647. The molecule has 2 atom stereocenters. The SMILES string of the molecule is CCOC(=O)C[C@H](N[S+]([O-])C(C)(C)C)c1ccc(OCCCN)nc1. The highest BCUT2D eigenvalue weighted by molar-refractivity contribution is 7.90. The minimum atomic E-state index is -1.33. The second-order valence-corrected chi connectivity index (χ2v) is 8.48. The maximum atomic E-state index is 12.4. The van der Waals surface area contributed by atoms with Crippen molar-refractivity contribution in [2.75, 3.05) is 19.8 Å². The van der Waals surface area contributed by atoms with E-state index in [2.05, 4.69) is 9.71 Å². The Labute approximate surface area is 153 Å². The Bertz CT molecular complexity index is 520. The number of nitrogens with zero attached hydrogens (tertiary/aromatic N) is 1. The van der Waals surface area contributed by atoms with Crippen LogP contribution in [0.25, 0.3) is 0 Å². The van der Waals surface area contributed by atoms with E-state index in [9.17, 15) is 9.35 Å². The number of hydrogen-bond donors (Lipinski definition) is 2. The maximum absolute atomic E-state index is 12.4. The van der Waals surface area contributed by atoms with E-state index in [0.717, 1.165) is 12.0 Å². The van der Waals surface area contributed by atoms with Crippen molar-refractivity contribution in [1.82, 2.24) is 9.71 Å². The summed E-state index contributed by atoms with van der Waals surface area (Å²) in [6.07, 6.45) is 2.44. The average molecular weight is 372 g/mol. The van der Waals surface area contributed by atoms with Gasteiger partial charge in [0.2, 0.25) is 5.88 Å². The molecule has 142 valence electrons. The topological polar surface area (TPSA) is 110 Å². The normalized spacial score (nSPS) is 14.0. The van der Waals surface area contributed by atoms with Gasteiger partial charge in [-0.25, -0.2) is 4.98 Å². The van der Waals surface area contributed by atoms with Gasteiger partial charge in [-0.05, 0) is 46.2 Å². The Kier molecular flexibility index (Phi) is 9.20. The average Bonchev–Trinajstić information content (AvgIpc) is 2.54. The highest BCUT2D eigenvalue weighted by Gasteiger charge is 2.31. The summed E-state index contributed by atoms with van der Waals surface area (Å²) in [5, 5.41) is 0. The van der Waals surface area contributed by atoms with Gasteiger partial charge in [0.25, 0.3) is 0 Å². The standard InChI is InChI=1S/C17H29N3O4S/c1-5-23-16(21)11-14(20-25(22)17(2,3)4)13-7-8-15(19-12-13)24-10-6-9-18/h7-8,12,14,20H,5-6,9-11,18H2,1-4H3/t14-,25?/m0/s1. The van der Waals surface area contributed by atoms with Crippen LogP contribution in [0.1, 0.15) is 52.1 Å². The molecule has 8 heteroatoms. The van der Waals surface area contributed by atoms with Crippen molar-refractivity contribution in [2.24, 2.45) is 5.73 Å². The quantitative estimate of drug-likeness (QED) is 0.367. The number of esters is 1. The van der Waals surface area contributed by atoms with Crippen LogP contribution in [-0.2, 0) is 20.9 Å². The number of carbonyl (C=O) groups is 1. The molecule has 0 aliphatic carbocycles. The zero-order chi connectivity index (χ0) is 18.9. The van der Waals surface area contributed by atoms with E-state index in [0.29, 0.717) is 25.6 Å². The second kappa shape index (κ2) is 10.6. The van der Waals surface area contributed by atoms with Crippen LogP contribution < -0.4 is 15.2 Å². The van der Waals surface area contributed by atoms with Crippen LogP contribution in [-0.4, -0.2) is 40.0 Å². The number of aromatic nitrogens is 1. The van der Waals surface area contributed by atoms with Gasteiger partial charge in [-0.1, -0.05) is 6.07 Å². The lowest BCUT2D eigenvalue weighted by molar-refractivity contribution is -0.143. The molecule has 1 heterocycles. The van der Waals surface area contributed by atoms with Crippen LogP contribution in [0.15, 0.2) is 18.3 Å². The Morgan fingerprint density at radius 3 is 2.68 bits per heavy atom. The van der Waals surface area contributed by atoms with Gasteiger partial charge < -0.3 is 19.8 Å². The number of carbonyl (C=O) groups excluding carboxylic acids is 1. The second-order valence-electron chi connectivity index (χ2n) is 6.48. The summed E-state index contributed by atoms with van der Waals surface area (Å²) in [6.45, 7) is 8.71. The summed E-state index contributed by atoms with van der Waals surface area (Å²) in [5.41, 5.74) is 6.17. The van der Waals surface area contributed by atoms with E-state index in [-0.39, 0.29) is 12.4 Å². The molecule has 0 amide bonds. The number of pyridine rings is 1. The number of ether oxygens (including phenoxy) is 2. The molecule has 1 rings (SSSR count). The van der Waals surface area contributed by atoms with Gasteiger partial charge in [0, 0.05) is 23.6 Å². The largest absolute Gasteiger partial charge is 0.598 e. The van der Waals surface area contributed by atoms with Gasteiger partial charge in [-0.3, -0.25) is 4.79 Å². The fourth-order valence-electron chi connectivity index (χ4n) is 1.86. The molecule has 0 aliphatic heterocycles. The number of rotatable bonds is 10. The third-order valence-electron chi connectivity index (χ3n) is 3.24. The molecule has 7 nitrogen and oxygen atoms in total. The number of hydrogen-bond acceptors (Lipinski definition) is 7. The molecule has 3 N–H and O–H groups in total. The Hall–Kier alpha value is -1.35. The monoisotopic (exact) mass is 371 g/mol. The predicted molar refractivity (Wildman–Crippen MR) is 98.4 cm³/mol. The first-order chi connectivity index (χ1) is 11.8. The molecule has 0 saturated carbocycles. The van der Waals surface area contributed by atoms with Crippen molar-refractivity contribution in [1.29, 1.82) is 0 Å². The highest BCUT2D eigenvalue weighted by Crippen LogP contribution is 2.23. The lowest BCUT2D eigenvalue weighted by Crippen LogP contribution is -2.42. The molecule has 0 radical (unpaired) electrons. The van der Waals surface area contributed by atoms with Crippen LogP contribution in [0.5, 0.6) is 5.88 Å². The van der Waals surface area contributed by atoms with E-state index in [1.54, 1.807) is 19.2 Å². The summed E-state index contributed by atoms with van der Waals surface area (Å²) >= 11 is -1.33. The molecule has 0 spiro atoms. The molecule has 0 bridgehead atoms. The van der Waals surface area contributed by atoms with E-state index in [4.69, 9.17) is 15.2 Å². The lowest BCUT2D eigenvalue weighted by Gasteiger charge is -2.27.